The minimum atomic E-state index is -1.09. The zero-order valence-electron chi connectivity index (χ0n) is 35.2. The highest BCUT2D eigenvalue weighted by atomic mass is 16.3. The fraction of sp³-hybridized carbons (Fsp3) is 0.936. The van der Waals surface area contributed by atoms with E-state index in [9.17, 15) is 20.1 Å². The first-order valence-corrected chi connectivity index (χ1v) is 23.5. The third-order valence-electron chi connectivity index (χ3n) is 11.1. The molecular formula is C47H93NO4. The van der Waals surface area contributed by atoms with Crippen LogP contribution in [0.25, 0.3) is 0 Å². The van der Waals surface area contributed by atoms with E-state index in [2.05, 4.69) is 19.2 Å². The number of hydrogen-bond donors (Lipinski definition) is 4. The number of hydrogen-bond acceptors (Lipinski definition) is 4. The molecule has 0 saturated carbocycles. The number of unbranched alkanes of at least 4 members (excludes halogenated alkanes) is 35. The van der Waals surface area contributed by atoms with E-state index in [4.69, 9.17) is 0 Å². The minimum Gasteiger partial charge on any atom is -0.394 e. The molecule has 0 saturated heterocycles. The van der Waals surface area contributed by atoms with Gasteiger partial charge in [0.2, 0.25) is 5.91 Å². The summed E-state index contributed by atoms with van der Waals surface area (Å²) in [7, 11) is 0. The molecule has 5 nitrogen and oxygen atoms in total. The minimum absolute atomic E-state index is 0.359. The Hall–Kier alpha value is -0.910. The Labute approximate surface area is 325 Å². The Bertz CT molecular complexity index is 728. The van der Waals surface area contributed by atoms with Crippen LogP contribution < -0.4 is 5.32 Å². The molecule has 0 radical (unpaired) electrons. The molecule has 0 heterocycles. The summed E-state index contributed by atoms with van der Waals surface area (Å²) in [5.74, 6) is -0.500. The summed E-state index contributed by atoms with van der Waals surface area (Å²) < 4.78 is 0. The van der Waals surface area contributed by atoms with Crippen molar-refractivity contribution in [1.29, 1.82) is 0 Å². The Balaban J connectivity index is 3.58. The highest BCUT2D eigenvalue weighted by molar-refractivity contribution is 5.80. The summed E-state index contributed by atoms with van der Waals surface area (Å²) in [6.45, 7) is 4.19. The van der Waals surface area contributed by atoms with Gasteiger partial charge in [-0.3, -0.25) is 4.79 Å². The lowest BCUT2D eigenvalue weighted by atomic mass is 10.0. The van der Waals surface area contributed by atoms with Gasteiger partial charge in [0.25, 0.3) is 0 Å². The molecule has 4 N–H and O–H groups in total. The van der Waals surface area contributed by atoms with Gasteiger partial charge in [-0.1, -0.05) is 251 Å². The van der Waals surface area contributed by atoms with Gasteiger partial charge in [0.1, 0.15) is 6.10 Å². The van der Waals surface area contributed by atoms with Crippen molar-refractivity contribution in [3.05, 3.63) is 12.2 Å². The van der Waals surface area contributed by atoms with Gasteiger partial charge in [-0.2, -0.15) is 0 Å². The molecule has 3 unspecified atom stereocenters. The number of carbonyl (C=O) groups excluding carboxylic acids is 1. The second-order valence-electron chi connectivity index (χ2n) is 16.3. The van der Waals surface area contributed by atoms with Crippen LogP contribution >= 0.6 is 0 Å². The SMILES string of the molecule is CCCCCCCCCCCCCCCCCCCCCCCCC/C=C/C(O)C(CO)NC(=O)C(O)CCCCCCCCCCCCCCC. The third-order valence-corrected chi connectivity index (χ3v) is 11.1. The number of amides is 1. The maximum Gasteiger partial charge on any atom is 0.249 e. The molecule has 52 heavy (non-hydrogen) atoms. The van der Waals surface area contributed by atoms with Gasteiger partial charge in [0.05, 0.1) is 18.8 Å². The van der Waals surface area contributed by atoms with Gasteiger partial charge < -0.3 is 20.6 Å². The van der Waals surface area contributed by atoms with Crippen LogP contribution in [-0.4, -0.2) is 46.1 Å². The molecule has 0 aliphatic rings. The zero-order valence-corrected chi connectivity index (χ0v) is 35.2. The molecule has 5 heteroatoms. The van der Waals surface area contributed by atoms with E-state index in [1.54, 1.807) is 6.08 Å². The normalized spacial score (nSPS) is 13.6. The average Bonchev–Trinajstić information content (AvgIpc) is 3.15. The fourth-order valence-corrected chi connectivity index (χ4v) is 7.42. The molecule has 0 aliphatic carbocycles. The highest BCUT2D eigenvalue weighted by Gasteiger charge is 2.22. The van der Waals surface area contributed by atoms with E-state index in [1.165, 1.54) is 205 Å². The largest absolute Gasteiger partial charge is 0.394 e. The van der Waals surface area contributed by atoms with Gasteiger partial charge in [-0.25, -0.2) is 0 Å². The van der Waals surface area contributed by atoms with Crippen LogP contribution in [-0.2, 0) is 4.79 Å². The topological polar surface area (TPSA) is 89.8 Å². The van der Waals surface area contributed by atoms with Crippen LogP contribution in [0, 0.1) is 0 Å². The maximum absolute atomic E-state index is 12.4. The zero-order chi connectivity index (χ0) is 38.0. The number of aliphatic hydroxyl groups is 3. The Morgan fingerprint density at radius 2 is 0.750 bits per heavy atom. The van der Waals surface area contributed by atoms with E-state index in [1.807, 2.05) is 6.08 Å². The predicted octanol–water partition coefficient (Wildman–Crippen LogP) is 13.6. The van der Waals surface area contributed by atoms with E-state index in [0.29, 0.717) is 6.42 Å². The van der Waals surface area contributed by atoms with E-state index < -0.39 is 24.2 Å². The Morgan fingerprint density at radius 1 is 0.462 bits per heavy atom. The molecule has 3 atom stereocenters. The summed E-state index contributed by atoms with van der Waals surface area (Å²) in [4.78, 5) is 12.4. The molecular weight excluding hydrogens is 643 g/mol. The summed E-state index contributed by atoms with van der Waals surface area (Å²) in [5.41, 5.74) is 0. The molecule has 0 rings (SSSR count). The van der Waals surface area contributed by atoms with E-state index >= 15 is 0 Å². The van der Waals surface area contributed by atoms with Gasteiger partial charge in [-0.15, -0.1) is 0 Å². The molecule has 0 spiro atoms. The maximum atomic E-state index is 12.4. The second kappa shape index (κ2) is 42.8. The number of allylic oxidation sites excluding steroid dienone is 1. The van der Waals surface area contributed by atoms with Crippen LogP contribution in [0.1, 0.15) is 258 Å². The number of rotatable bonds is 43. The molecule has 0 fully saturated rings. The van der Waals surface area contributed by atoms with Crippen LogP contribution in [0.4, 0.5) is 0 Å². The highest BCUT2D eigenvalue weighted by Crippen LogP contribution is 2.17. The Kier molecular flexibility index (Phi) is 42.1. The lowest BCUT2D eigenvalue weighted by Crippen LogP contribution is -2.48. The van der Waals surface area contributed by atoms with Crippen molar-refractivity contribution < 1.29 is 20.1 Å². The first kappa shape index (κ1) is 51.1. The van der Waals surface area contributed by atoms with Crippen molar-refractivity contribution in [2.45, 2.75) is 276 Å². The first-order chi connectivity index (χ1) is 25.6. The number of aliphatic hydroxyl groups excluding tert-OH is 3. The number of carbonyl (C=O) groups is 1. The van der Waals surface area contributed by atoms with Gasteiger partial charge in [0, 0.05) is 0 Å². The molecule has 0 aromatic carbocycles. The Morgan fingerprint density at radius 3 is 1.06 bits per heavy atom. The molecule has 1 amide bonds. The van der Waals surface area contributed by atoms with Gasteiger partial charge in [0.15, 0.2) is 0 Å². The smallest absolute Gasteiger partial charge is 0.249 e. The lowest BCUT2D eigenvalue weighted by Gasteiger charge is -2.21. The quantitative estimate of drug-likeness (QED) is 0.0371. The van der Waals surface area contributed by atoms with Gasteiger partial charge in [-0.05, 0) is 19.3 Å². The summed E-state index contributed by atoms with van der Waals surface area (Å²) in [6.07, 6.45) is 51.2. The van der Waals surface area contributed by atoms with Crippen molar-refractivity contribution in [2.75, 3.05) is 6.61 Å². The molecule has 0 aromatic heterocycles. The summed E-state index contributed by atoms with van der Waals surface area (Å²) in [5, 5.41) is 33.2. The first-order valence-electron chi connectivity index (χ1n) is 23.5. The summed E-state index contributed by atoms with van der Waals surface area (Å²) in [6, 6.07) is -0.792. The van der Waals surface area contributed by atoms with Crippen molar-refractivity contribution >= 4 is 5.91 Å². The predicted molar refractivity (Wildman–Crippen MR) is 227 cm³/mol. The van der Waals surface area contributed by atoms with E-state index in [-0.39, 0.29) is 6.61 Å². The molecule has 0 aliphatic heterocycles. The van der Waals surface area contributed by atoms with Crippen LogP contribution in [0.3, 0.4) is 0 Å². The van der Waals surface area contributed by atoms with Crippen LogP contribution in [0.15, 0.2) is 12.2 Å². The standard InChI is InChI=1S/C47H93NO4/c1-3-5-7-9-11-13-15-17-18-19-20-21-22-23-24-25-26-27-28-30-31-33-35-37-39-41-45(50)44(43-49)48-47(52)46(51)42-40-38-36-34-32-29-16-14-12-10-8-6-4-2/h39,41,44-46,49-51H,3-38,40,42-43H2,1-2H3,(H,48,52)/b41-39+. The monoisotopic (exact) mass is 736 g/mol. The number of nitrogens with one attached hydrogen (secondary N) is 1. The van der Waals surface area contributed by atoms with Gasteiger partial charge >= 0.3 is 0 Å². The third kappa shape index (κ3) is 37.4. The van der Waals surface area contributed by atoms with E-state index in [0.717, 1.165) is 32.1 Å². The van der Waals surface area contributed by atoms with Crippen molar-refractivity contribution in [2.24, 2.45) is 0 Å². The second-order valence-corrected chi connectivity index (χ2v) is 16.3. The fourth-order valence-electron chi connectivity index (χ4n) is 7.42. The van der Waals surface area contributed by atoms with Crippen molar-refractivity contribution in [1.82, 2.24) is 5.32 Å². The molecule has 0 aromatic rings. The lowest BCUT2D eigenvalue weighted by molar-refractivity contribution is -0.131. The molecule has 310 valence electrons. The van der Waals surface area contributed by atoms with Crippen LogP contribution in [0.5, 0.6) is 0 Å². The van der Waals surface area contributed by atoms with Crippen molar-refractivity contribution in [3.63, 3.8) is 0 Å². The summed E-state index contributed by atoms with van der Waals surface area (Å²) >= 11 is 0. The molecule has 0 bridgehead atoms. The van der Waals surface area contributed by atoms with Crippen molar-refractivity contribution in [3.8, 4) is 0 Å². The van der Waals surface area contributed by atoms with Crippen LogP contribution in [0.2, 0.25) is 0 Å². The average molecular weight is 736 g/mol.